The molecule has 0 N–H and O–H groups in total. The van der Waals surface area contributed by atoms with Crippen LogP contribution in [0.4, 0.5) is 0 Å². The van der Waals surface area contributed by atoms with Gasteiger partial charge in [0.05, 0.1) is 15.5 Å². The summed E-state index contributed by atoms with van der Waals surface area (Å²) in [6.45, 7) is 6.09. The van der Waals surface area contributed by atoms with E-state index in [1.165, 1.54) is 29.6 Å². The van der Waals surface area contributed by atoms with Crippen molar-refractivity contribution in [2.24, 2.45) is 0 Å². The van der Waals surface area contributed by atoms with Gasteiger partial charge in [0.2, 0.25) is 10.0 Å². The number of halogens is 1. The molecule has 1 aromatic rings. The predicted octanol–water partition coefficient (Wildman–Crippen LogP) is 2.99. The summed E-state index contributed by atoms with van der Waals surface area (Å²) in [5, 5.41) is 0.278. The molecule has 0 aromatic heterocycles. The Morgan fingerprint density at radius 3 is 2.43 bits per heavy atom. The van der Waals surface area contributed by atoms with Gasteiger partial charge >= 0.3 is 0 Å². The first kappa shape index (κ1) is 18.2. The number of benzene rings is 1. The number of hydrogen-bond acceptors (Lipinski definition) is 3. The summed E-state index contributed by atoms with van der Waals surface area (Å²) in [4.78, 5) is 14.5. The largest absolute Gasteiger partial charge is 0.336 e. The molecule has 0 saturated heterocycles. The molecule has 2 rings (SSSR count). The third-order valence-electron chi connectivity index (χ3n) is 4.16. The van der Waals surface area contributed by atoms with Crippen molar-refractivity contribution in [1.29, 1.82) is 0 Å². The zero-order valence-electron chi connectivity index (χ0n) is 13.9. The molecule has 0 radical (unpaired) electrons. The van der Waals surface area contributed by atoms with Crippen LogP contribution in [0.25, 0.3) is 0 Å². The third kappa shape index (κ3) is 3.70. The van der Waals surface area contributed by atoms with E-state index < -0.39 is 10.0 Å². The van der Waals surface area contributed by atoms with Crippen molar-refractivity contribution in [3.8, 4) is 0 Å². The van der Waals surface area contributed by atoms with Gasteiger partial charge in [0.25, 0.3) is 5.91 Å². The van der Waals surface area contributed by atoms with Crippen molar-refractivity contribution >= 4 is 27.5 Å². The minimum Gasteiger partial charge on any atom is -0.336 e. The molecule has 1 aliphatic carbocycles. The zero-order valence-corrected chi connectivity index (χ0v) is 15.5. The molecule has 0 heterocycles. The Hall–Kier alpha value is -1.11. The highest BCUT2D eigenvalue weighted by Crippen LogP contribution is 2.30. The minimum atomic E-state index is -3.64. The molecule has 5 nitrogen and oxygen atoms in total. The van der Waals surface area contributed by atoms with E-state index in [0.29, 0.717) is 6.54 Å². The molecule has 7 heteroatoms. The molecule has 1 aliphatic rings. The van der Waals surface area contributed by atoms with Gasteiger partial charge in [0.15, 0.2) is 0 Å². The fourth-order valence-corrected chi connectivity index (χ4v) is 3.97. The lowest BCUT2D eigenvalue weighted by Crippen LogP contribution is -2.34. The van der Waals surface area contributed by atoms with Crippen molar-refractivity contribution in [3.05, 3.63) is 28.8 Å². The summed E-state index contributed by atoms with van der Waals surface area (Å²) in [5.41, 5.74) is 0.249. The van der Waals surface area contributed by atoms with Gasteiger partial charge < -0.3 is 4.90 Å². The van der Waals surface area contributed by atoms with E-state index in [1.54, 1.807) is 18.7 Å². The van der Waals surface area contributed by atoms with Crippen molar-refractivity contribution in [3.63, 3.8) is 0 Å². The summed E-state index contributed by atoms with van der Waals surface area (Å²) in [7, 11) is -2.12. The highest BCUT2D eigenvalue weighted by Gasteiger charge is 2.33. The van der Waals surface area contributed by atoms with Crippen LogP contribution in [-0.4, -0.2) is 49.2 Å². The van der Waals surface area contributed by atoms with Crippen LogP contribution in [0.15, 0.2) is 23.1 Å². The molecule has 0 aliphatic heterocycles. The van der Waals surface area contributed by atoms with Crippen LogP contribution < -0.4 is 0 Å². The van der Waals surface area contributed by atoms with Gasteiger partial charge in [0.1, 0.15) is 0 Å². The molecule has 0 spiro atoms. The Labute approximate surface area is 143 Å². The summed E-state index contributed by atoms with van der Waals surface area (Å²) in [5.74, 6) is -0.204. The van der Waals surface area contributed by atoms with Crippen molar-refractivity contribution < 1.29 is 13.2 Å². The molecule has 0 bridgehead atoms. The topological polar surface area (TPSA) is 57.7 Å². The third-order valence-corrected chi connectivity index (χ3v) is 6.52. The Morgan fingerprint density at radius 2 is 1.96 bits per heavy atom. The van der Waals surface area contributed by atoms with Gasteiger partial charge in [0, 0.05) is 25.7 Å². The second-order valence-electron chi connectivity index (χ2n) is 6.08. The van der Waals surface area contributed by atoms with Crippen LogP contribution in [0, 0.1) is 0 Å². The van der Waals surface area contributed by atoms with E-state index in [0.717, 1.165) is 12.8 Å². The molecular formula is C16H23ClN2O3S. The van der Waals surface area contributed by atoms with E-state index in [4.69, 9.17) is 11.6 Å². The van der Waals surface area contributed by atoms with Gasteiger partial charge in [-0.1, -0.05) is 11.6 Å². The summed E-state index contributed by atoms with van der Waals surface area (Å²) in [6, 6.07) is 4.40. The number of carbonyl (C=O) groups excluding carboxylic acids is 1. The van der Waals surface area contributed by atoms with Gasteiger partial charge in [-0.2, -0.15) is 4.31 Å². The monoisotopic (exact) mass is 358 g/mol. The number of hydrogen-bond donors (Lipinski definition) is 0. The van der Waals surface area contributed by atoms with Crippen LogP contribution in [0.3, 0.4) is 0 Å². The standard InChI is InChI=1S/C16H23ClN2O3S/c1-5-19(12-6-7-12)16(20)14-10-13(8-9-15(14)17)23(21,22)18(4)11(2)3/h8-12H,5-7H2,1-4H3. The highest BCUT2D eigenvalue weighted by atomic mass is 35.5. The van der Waals surface area contributed by atoms with Crippen molar-refractivity contribution in [1.82, 2.24) is 9.21 Å². The van der Waals surface area contributed by atoms with E-state index in [1.807, 2.05) is 6.92 Å². The molecule has 1 amide bonds. The van der Waals surface area contributed by atoms with E-state index in [-0.39, 0.29) is 33.5 Å². The quantitative estimate of drug-likeness (QED) is 0.785. The first-order valence-corrected chi connectivity index (χ1v) is 9.60. The van der Waals surface area contributed by atoms with Gasteiger partial charge in [-0.3, -0.25) is 4.79 Å². The lowest BCUT2D eigenvalue weighted by atomic mass is 10.2. The van der Waals surface area contributed by atoms with Crippen molar-refractivity contribution in [2.75, 3.05) is 13.6 Å². The van der Waals surface area contributed by atoms with Crippen LogP contribution in [0.2, 0.25) is 5.02 Å². The van der Waals surface area contributed by atoms with E-state index in [9.17, 15) is 13.2 Å². The number of carbonyl (C=O) groups is 1. The predicted molar refractivity (Wildman–Crippen MR) is 91.3 cm³/mol. The fourth-order valence-electron chi connectivity index (χ4n) is 2.38. The molecule has 1 saturated carbocycles. The SMILES string of the molecule is CCN(C(=O)c1cc(S(=O)(=O)N(C)C(C)C)ccc1Cl)C1CC1. The maximum atomic E-state index is 12.7. The second-order valence-corrected chi connectivity index (χ2v) is 8.48. The molecule has 23 heavy (non-hydrogen) atoms. The van der Waals surface area contributed by atoms with Crippen LogP contribution >= 0.6 is 11.6 Å². The normalized spacial score (nSPS) is 15.3. The van der Waals surface area contributed by atoms with Crippen molar-refractivity contribution in [2.45, 2.75) is 50.6 Å². The molecule has 0 unspecified atom stereocenters. The Bertz CT molecular complexity index is 699. The van der Waals surface area contributed by atoms with Crippen LogP contribution in [0.1, 0.15) is 44.0 Å². The smallest absolute Gasteiger partial charge is 0.255 e. The molecule has 1 aromatic carbocycles. The molecular weight excluding hydrogens is 336 g/mol. The number of sulfonamides is 1. The zero-order chi connectivity index (χ0) is 17.4. The van der Waals surface area contributed by atoms with Gasteiger partial charge in [-0.25, -0.2) is 8.42 Å². The lowest BCUT2D eigenvalue weighted by molar-refractivity contribution is 0.0752. The average Bonchev–Trinajstić information content (AvgIpc) is 3.31. The summed E-state index contributed by atoms with van der Waals surface area (Å²) < 4.78 is 26.5. The maximum absolute atomic E-state index is 12.7. The maximum Gasteiger partial charge on any atom is 0.255 e. The number of nitrogens with zero attached hydrogens (tertiary/aromatic N) is 2. The Kier molecular flexibility index (Phi) is 5.38. The highest BCUT2D eigenvalue weighted by molar-refractivity contribution is 7.89. The van der Waals surface area contributed by atoms with Crippen LogP contribution in [-0.2, 0) is 10.0 Å². The second kappa shape index (κ2) is 6.79. The van der Waals surface area contributed by atoms with E-state index in [2.05, 4.69) is 0 Å². The van der Waals surface area contributed by atoms with Gasteiger partial charge in [-0.05, 0) is 51.8 Å². The lowest BCUT2D eigenvalue weighted by Gasteiger charge is -2.23. The first-order chi connectivity index (χ1) is 10.7. The molecule has 0 atom stereocenters. The molecule has 1 fully saturated rings. The fraction of sp³-hybridized carbons (Fsp3) is 0.562. The van der Waals surface area contributed by atoms with Crippen LogP contribution in [0.5, 0.6) is 0 Å². The van der Waals surface area contributed by atoms with Gasteiger partial charge in [-0.15, -0.1) is 0 Å². The molecule has 128 valence electrons. The Morgan fingerprint density at radius 1 is 1.35 bits per heavy atom. The first-order valence-electron chi connectivity index (χ1n) is 7.78. The average molecular weight is 359 g/mol. The Balaban J connectivity index is 2.41. The number of amides is 1. The summed E-state index contributed by atoms with van der Waals surface area (Å²) in [6.07, 6.45) is 1.98. The summed E-state index contributed by atoms with van der Waals surface area (Å²) >= 11 is 6.15. The number of rotatable bonds is 6. The minimum absolute atomic E-state index is 0.0910. The van der Waals surface area contributed by atoms with E-state index >= 15 is 0 Å².